The second-order valence-corrected chi connectivity index (χ2v) is 3.98. The third-order valence-corrected chi connectivity index (χ3v) is 2.49. The summed E-state index contributed by atoms with van der Waals surface area (Å²) in [6.07, 6.45) is 3.97. The lowest BCUT2D eigenvalue weighted by molar-refractivity contribution is 0.0698. The number of rotatable bonds is 3. The number of carbonyl (C=O) groups excluding carboxylic acids is 1. The van der Waals surface area contributed by atoms with E-state index in [9.17, 15) is 9.59 Å². The van der Waals surface area contributed by atoms with Crippen LogP contribution in [0.1, 0.15) is 20.8 Å². The van der Waals surface area contributed by atoms with Gasteiger partial charge in [0.15, 0.2) is 0 Å². The minimum Gasteiger partial charge on any atom is -0.478 e. The molecule has 0 spiro atoms. The van der Waals surface area contributed by atoms with E-state index in [-0.39, 0.29) is 16.9 Å². The van der Waals surface area contributed by atoms with Crippen LogP contribution in [0.5, 0.6) is 0 Å². The Bertz CT molecular complexity index is 646. The summed E-state index contributed by atoms with van der Waals surface area (Å²) in [5.41, 5.74) is 0.139. The summed E-state index contributed by atoms with van der Waals surface area (Å²) in [7, 11) is 0. The van der Waals surface area contributed by atoms with Crippen molar-refractivity contribution < 1.29 is 14.7 Å². The Morgan fingerprint density at radius 1 is 1.26 bits per heavy atom. The molecule has 96 valence electrons. The quantitative estimate of drug-likeness (QED) is 0.896. The smallest absolute Gasteiger partial charge is 0.337 e. The normalized spacial score (nSPS) is 9.95. The Kier molecular flexibility index (Phi) is 3.72. The summed E-state index contributed by atoms with van der Waals surface area (Å²) >= 11 is 5.75. The number of carboxylic acids is 1. The topological polar surface area (TPSA) is 92.2 Å². The van der Waals surface area contributed by atoms with E-state index < -0.39 is 11.9 Å². The van der Waals surface area contributed by atoms with E-state index in [2.05, 4.69) is 15.3 Å². The lowest BCUT2D eigenvalue weighted by Gasteiger charge is -2.07. The van der Waals surface area contributed by atoms with E-state index in [0.29, 0.717) is 5.02 Å². The molecule has 0 aromatic carbocycles. The van der Waals surface area contributed by atoms with E-state index in [1.807, 2.05) is 0 Å². The summed E-state index contributed by atoms with van der Waals surface area (Å²) in [6.45, 7) is 0. The molecule has 0 bridgehead atoms. The molecule has 0 aliphatic rings. The molecule has 0 unspecified atom stereocenters. The van der Waals surface area contributed by atoms with Crippen molar-refractivity contribution in [2.75, 3.05) is 5.32 Å². The van der Waals surface area contributed by atoms with Gasteiger partial charge in [-0.05, 0) is 18.2 Å². The van der Waals surface area contributed by atoms with Crippen LogP contribution < -0.4 is 5.32 Å². The van der Waals surface area contributed by atoms with Gasteiger partial charge in [0.1, 0.15) is 5.69 Å². The number of halogens is 1. The number of hydrogen-bond donors (Lipinski definition) is 2. The SMILES string of the molecule is O=C(Nc1cnccc1C(=O)O)c1cc(Cl)ccn1. The van der Waals surface area contributed by atoms with Gasteiger partial charge < -0.3 is 10.4 Å². The molecule has 1 amide bonds. The number of carboxylic acid groups (broad SMARTS) is 1. The first-order valence-electron chi connectivity index (χ1n) is 5.18. The number of carbonyl (C=O) groups is 2. The number of amides is 1. The Hall–Kier alpha value is -2.47. The minimum absolute atomic E-state index is 0.0506. The standard InChI is InChI=1S/C12H8ClN3O3/c13-7-1-4-15-9(5-7)11(17)16-10-6-14-3-2-8(10)12(18)19/h1-6H,(H,16,17)(H,18,19). The lowest BCUT2D eigenvalue weighted by Crippen LogP contribution is -2.16. The van der Waals surface area contributed by atoms with Crippen LogP contribution in [-0.2, 0) is 0 Å². The van der Waals surface area contributed by atoms with Crippen molar-refractivity contribution in [2.24, 2.45) is 0 Å². The fraction of sp³-hybridized carbons (Fsp3) is 0. The molecule has 0 radical (unpaired) electrons. The molecular formula is C12H8ClN3O3. The van der Waals surface area contributed by atoms with Crippen LogP contribution >= 0.6 is 11.6 Å². The predicted octanol–water partition coefficient (Wildman–Crippen LogP) is 2.08. The molecule has 6 nitrogen and oxygen atoms in total. The highest BCUT2D eigenvalue weighted by atomic mass is 35.5. The van der Waals surface area contributed by atoms with Crippen molar-refractivity contribution in [3.63, 3.8) is 0 Å². The Morgan fingerprint density at radius 3 is 2.74 bits per heavy atom. The van der Waals surface area contributed by atoms with Gasteiger partial charge in [0.25, 0.3) is 5.91 Å². The van der Waals surface area contributed by atoms with Gasteiger partial charge in [0.05, 0.1) is 17.4 Å². The number of anilines is 1. The average molecular weight is 278 g/mol. The Labute approximate surface area is 113 Å². The molecule has 0 saturated heterocycles. The monoisotopic (exact) mass is 277 g/mol. The molecule has 0 saturated carbocycles. The molecule has 19 heavy (non-hydrogen) atoms. The van der Waals surface area contributed by atoms with Gasteiger partial charge in [-0.2, -0.15) is 0 Å². The second-order valence-electron chi connectivity index (χ2n) is 3.54. The van der Waals surface area contributed by atoms with Crippen molar-refractivity contribution in [1.29, 1.82) is 0 Å². The minimum atomic E-state index is -1.16. The molecule has 2 rings (SSSR count). The van der Waals surface area contributed by atoms with Crippen molar-refractivity contribution in [3.05, 3.63) is 53.1 Å². The highest BCUT2D eigenvalue weighted by molar-refractivity contribution is 6.31. The van der Waals surface area contributed by atoms with Crippen molar-refractivity contribution in [3.8, 4) is 0 Å². The Balaban J connectivity index is 2.27. The fourth-order valence-corrected chi connectivity index (χ4v) is 1.56. The van der Waals surface area contributed by atoms with Crippen LogP contribution in [-0.4, -0.2) is 27.0 Å². The molecule has 0 fully saturated rings. The third kappa shape index (κ3) is 3.05. The maximum Gasteiger partial charge on any atom is 0.337 e. The van der Waals surface area contributed by atoms with Gasteiger partial charge in [-0.15, -0.1) is 0 Å². The van der Waals surface area contributed by atoms with E-state index in [1.165, 1.54) is 36.8 Å². The van der Waals surface area contributed by atoms with E-state index in [0.717, 1.165) is 0 Å². The van der Waals surface area contributed by atoms with Crippen molar-refractivity contribution >= 4 is 29.2 Å². The third-order valence-electron chi connectivity index (χ3n) is 2.25. The number of aromatic carboxylic acids is 1. The van der Waals surface area contributed by atoms with Crippen LogP contribution in [0.3, 0.4) is 0 Å². The first-order valence-corrected chi connectivity index (χ1v) is 5.56. The van der Waals surface area contributed by atoms with E-state index in [1.54, 1.807) is 0 Å². The summed E-state index contributed by atoms with van der Waals surface area (Å²) in [5.74, 6) is -1.71. The van der Waals surface area contributed by atoms with Gasteiger partial charge >= 0.3 is 5.97 Å². The van der Waals surface area contributed by atoms with Gasteiger partial charge in [0.2, 0.25) is 0 Å². The number of aromatic nitrogens is 2. The highest BCUT2D eigenvalue weighted by Gasteiger charge is 2.14. The molecule has 2 aromatic rings. The zero-order chi connectivity index (χ0) is 13.8. The summed E-state index contributed by atoms with van der Waals surface area (Å²) in [5, 5.41) is 11.8. The van der Waals surface area contributed by atoms with Gasteiger partial charge in [-0.1, -0.05) is 11.6 Å². The lowest BCUT2D eigenvalue weighted by atomic mass is 10.2. The summed E-state index contributed by atoms with van der Waals surface area (Å²) in [4.78, 5) is 30.5. The Morgan fingerprint density at radius 2 is 2.05 bits per heavy atom. The van der Waals surface area contributed by atoms with Crippen LogP contribution in [0, 0.1) is 0 Å². The maximum absolute atomic E-state index is 11.9. The number of hydrogen-bond acceptors (Lipinski definition) is 4. The first kappa shape index (κ1) is 13.0. The first-order chi connectivity index (χ1) is 9.08. The average Bonchev–Trinajstić information content (AvgIpc) is 2.39. The van der Waals surface area contributed by atoms with Gasteiger partial charge in [-0.25, -0.2) is 4.79 Å². The summed E-state index contributed by atoms with van der Waals surface area (Å²) < 4.78 is 0. The number of nitrogens with zero attached hydrogens (tertiary/aromatic N) is 2. The molecule has 2 aromatic heterocycles. The highest BCUT2D eigenvalue weighted by Crippen LogP contribution is 2.15. The second kappa shape index (κ2) is 5.45. The summed E-state index contributed by atoms with van der Waals surface area (Å²) in [6, 6.07) is 4.21. The molecule has 0 aliphatic carbocycles. The zero-order valence-electron chi connectivity index (χ0n) is 9.50. The van der Waals surface area contributed by atoms with Crippen LogP contribution in [0.25, 0.3) is 0 Å². The van der Waals surface area contributed by atoms with Gasteiger partial charge in [0, 0.05) is 17.4 Å². The zero-order valence-corrected chi connectivity index (χ0v) is 10.3. The molecule has 7 heteroatoms. The van der Waals surface area contributed by atoms with Crippen LogP contribution in [0.15, 0.2) is 36.8 Å². The van der Waals surface area contributed by atoms with Crippen LogP contribution in [0.4, 0.5) is 5.69 Å². The van der Waals surface area contributed by atoms with Gasteiger partial charge in [-0.3, -0.25) is 14.8 Å². The number of pyridine rings is 2. The van der Waals surface area contributed by atoms with Crippen molar-refractivity contribution in [1.82, 2.24) is 9.97 Å². The van der Waals surface area contributed by atoms with Crippen molar-refractivity contribution in [2.45, 2.75) is 0 Å². The maximum atomic E-state index is 11.9. The number of nitrogens with one attached hydrogen (secondary N) is 1. The molecule has 2 N–H and O–H groups in total. The molecular weight excluding hydrogens is 270 g/mol. The van der Waals surface area contributed by atoms with E-state index >= 15 is 0 Å². The largest absolute Gasteiger partial charge is 0.478 e. The molecule has 2 heterocycles. The molecule has 0 atom stereocenters. The van der Waals surface area contributed by atoms with E-state index in [4.69, 9.17) is 16.7 Å². The molecule has 0 aliphatic heterocycles. The fourth-order valence-electron chi connectivity index (χ4n) is 1.40. The predicted molar refractivity (Wildman–Crippen MR) is 68.4 cm³/mol. The van der Waals surface area contributed by atoms with Crippen LogP contribution in [0.2, 0.25) is 5.02 Å².